The zero-order valence-electron chi connectivity index (χ0n) is 10.4. The number of rotatable bonds is 9. The van der Waals surface area contributed by atoms with Crippen molar-refractivity contribution in [2.45, 2.75) is 33.2 Å². The molecule has 2 N–H and O–H groups in total. The van der Waals surface area contributed by atoms with Gasteiger partial charge in [-0.25, -0.2) is 0 Å². The Hall–Kier alpha value is -0.380. The molecule has 90 valence electrons. The second-order valence-corrected chi connectivity index (χ2v) is 4.17. The summed E-state index contributed by atoms with van der Waals surface area (Å²) in [6.07, 6.45) is 0.840. The van der Waals surface area contributed by atoms with Crippen molar-refractivity contribution in [2.75, 3.05) is 32.8 Å². The molecule has 0 atom stereocenters. The zero-order chi connectivity index (χ0) is 11.7. The van der Waals surface area contributed by atoms with Crippen LogP contribution in [0.25, 0.3) is 0 Å². The molecule has 15 heavy (non-hydrogen) atoms. The maximum absolute atomic E-state index is 8.81. The van der Waals surface area contributed by atoms with Gasteiger partial charge in [0, 0.05) is 32.3 Å². The topological polar surface area (TPSA) is 35.5 Å². The lowest BCUT2D eigenvalue weighted by Crippen LogP contribution is -2.35. The van der Waals surface area contributed by atoms with E-state index in [2.05, 4.69) is 37.6 Å². The Morgan fingerprint density at radius 1 is 1.47 bits per heavy atom. The summed E-state index contributed by atoms with van der Waals surface area (Å²) >= 11 is 0. The van der Waals surface area contributed by atoms with Gasteiger partial charge in [0.2, 0.25) is 0 Å². The van der Waals surface area contributed by atoms with Gasteiger partial charge in [0.15, 0.2) is 0 Å². The Labute approximate surface area is 94.2 Å². The van der Waals surface area contributed by atoms with Gasteiger partial charge >= 0.3 is 0 Å². The predicted molar refractivity (Wildman–Crippen MR) is 66.1 cm³/mol. The van der Waals surface area contributed by atoms with Gasteiger partial charge in [-0.2, -0.15) is 0 Å². The first kappa shape index (κ1) is 14.6. The number of aliphatic hydroxyl groups excluding tert-OH is 1. The highest BCUT2D eigenvalue weighted by atomic mass is 16.3. The van der Waals surface area contributed by atoms with Gasteiger partial charge in [-0.1, -0.05) is 13.5 Å². The number of nitrogens with one attached hydrogen (secondary N) is 1. The van der Waals surface area contributed by atoms with Gasteiger partial charge in [-0.15, -0.1) is 0 Å². The van der Waals surface area contributed by atoms with Crippen LogP contribution in [0.2, 0.25) is 0 Å². The number of likely N-dealkylation sites (N-methyl/N-ethyl adjacent to an activating group) is 1. The number of aliphatic hydroxyl groups is 1. The highest BCUT2D eigenvalue weighted by Gasteiger charge is 2.09. The summed E-state index contributed by atoms with van der Waals surface area (Å²) in [5, 5.41) is 12.1. The van der Waals surface area contributed by atoms with Gasteiger partial charge in [0.1, 0.15) is 0 Å². The number of hydrogen-bond donors (Lipinski definition) is 2. The van der Waals surface area contributed by atoms with Crippen molar-refractivity contribution in [3.63, 3.8) is 0 Å². The van der Waals surface area contributed by atoms with Crippen LogP contribution in [0.3, 0.4) is 0 Å². The summed E-state index contributed by atoms with van der Waals surface area (Å²) in [5.41, 5.74) is 1.21. The van der Waals surface area contributed by atoms with E-state index in [1.54, 1.807) is 0 Å². The molecule has 0 radical (unpaired) electrons. The molecule has 0 saturated carbocycles. The lowest BCUT2D eigenvalue weighted by molar-refractivity contribution is 0.203. The van der Waals surface area contributed by atoms with E-state index in [0.717, 1.165) is 32.6 Å². The summed E-state index contributed by atoms with van der Waals surface area (Å²) in [4.78, 5) is 2.34. The molecule has 0 heterocycles. The summed E-state index contributed by atoms with van der Waals surface area (Å²) in [7, 11) is 0. The third-order valence-corrected chi connectivity index (χ3v) is 2.39. The molecule has 0 aromatic carbocycles. The first-order chi connectivity index (χ1) is 7.11. The van der Waals surface area contributed by atoms with Gasteiger partial charge in [-0.05, 0) is 32.4 Å². The van der Waals surface area contributed by atoms with E-state index in [1.807, 2.05) is 0 Å². The van der Waals surface area contributed by atoms with Crippen LogP contribution in [-0.2, 0) is 0 Å². The predicted octanol–water partition coefficient (Wildman–Crippen LogP) is 1.24. The van der Waals surface area contributed by atoms with E-state index < -0.39 is 0 Å². The second-order valence-electron chi connectivity index (χ2n) is 4.17. The fraction of sp³-hybridized carbons (Fsp3) is 0.833. The van der Waals surface area contributed by atoms with E-state index in [-0.39, 0.29) is 6.61 Å². The Bertz CT molecular complexity index is 169. The average molecular weight is 214 g/mol. The minimum atomic E-state index is 0.267. The van der Waals surface area contributed by atoms with E-state index >= 15 is 0 Å². The van der Waals surface area contributed by atoms with Crippen LogP contribution in [0.1, 0.15) is 27.2 Å². The SMILES string of the molecule is C=C(CNCC)CN(CCCO)C(C)C. The van der Waals surface area contributed by atoms with Crippen LogP contribution in [0, 0.1) is 0 Å². The molecule has 0 spiro atoms. The van der Waals surface area contributed by atoms with Crippen LogP contribution in [-0.4, -0.2) is 48.8 Å². The van der Waals surface area contributed by atoms with Crippen molar-refractivity contribution >= 4 is 0 Å². The fourth-order valence-electron chi connectivity index (χ4n) is 1.44. The molecule has 0 unspecified atom stereocenters. The lowest BCUT2D eigenvalue weighted by Gasteiger charge is -2.27. The lowest BCUT2D eigenvalue weighted by atomic mass is 10.2. The Morgan fingerprint density at radius 3 is 2.60 bits per heavy atom. The van der Waals surface area contributed by atoms with E-state index in [0.29, 0.717) is 6.04 Å². The molecule has 0 bridgehead atoms. The molecule has 3 nitrogen and oxygen atoms in total. The highest BCUT2D eigenvalue weighted by molar-refractivity contribution is 5.00. The largest absolute Gasteiger partial charge is 0.396 e. The van der Waals surface area contributed by atoms with Crippen molar-refractivity contribution in [1.29, 1.82) is 0 Å². The molecule has 0 fully saturated rings. The average Bonchev–Trinajstić information content (AvgIpc) is 2.20. The quantitative estimate of drug-likeness (QED) is 0.567. The maximum atomic E-state index is 8.81. The molecule has 0 aliphatic heterocycles. The molecule has 0 aromatic heterocycles. The molecule has 0 aromatic rings. The van der Waals surface area contributed by atoms with E-state index in [9.17, 15) is 0 Å². The minimum absolute atomic E-state index is 0.267. The van der Waals surface area contributed by atoms with Gasteiger partial charge < -0.3 is 10.4 Å². The van der Waals surface area contributed by atoms with Gasteiger partial charge in [0.25, 0.3) is 0 Å². The van der Waals surface area contributed by atoms with Crippen molar-refractivity contribution in [3.05, 3.63) is 12.2 Å². The molecule has 0 amide bonds. The normalized spacial score (nSPS) is 11.3. The number of nitrogens with zero attached hydrogens (tertiary/aromatic N) is 1. The molecular formula is C12H26N2O. The van der Waals surface area contributed by atoms with Crippen LogP contribution in [0.4, 0.5) is 0 Å². The second kappa shape index (κ2) is 8.89. The zero-order valence-corrected chi connectivity index (χ0v) is 10.4. The van der Waals surface area contributed by atoms with Crippen LogP contribution >= 0.6 is 0 Å². The van der Waals surface area contributed by atoms with Crippen LogP contribution in [0.15, 0.2) is 12.2 Å². The molecule has 0 rings (SSSR count). The van der Waals surface area contributed by atoms with E-state index in [4.69, 9.17) is 5.11 Å². The molecule has 0 aliphatic rings. The highest BCUT2D eigenvalue weighted by Crippen LogP contribution is 2.03. The van der Waals surface area contributed by atoms with Crippen LogP contribution < -0.4 is 5.32 Å². The van der Waals surface area contributed by atoms with Crippen molar-refractivity contribution < 1.29 is 5.11 Å². The molecule has 3 heteroatoms. The monoisotopic (exact) mass is 214 g/mol. The third kappa shape index (κ3) is 7.54. The molecule has 0 aliphatic carbocycles. The van der Waals surface area contributed by atoms with E-state index in [1.165, 1.54) is 5.57 Å². The summed E-state index contributed by atoms with van der Waals surface area (Å²) in [6.45, 7) is 14.5. The molecule has 0 saturated heterocycles. The summed E-state index contributed by atoms with van der Waals surface area (Å²) in [5.74, 6) is 0. The van der Waals surface area contributed by atoms with Gasteiger partial charge in [0.05, 0.1) is 0 Å². The van der Waals surface area contributed by atoms with Crippen molar-refractivity contribution in [2.24, 2.45) is 0 Å². The maximum Gasteiger partial charge on any atom is 0.0443 e. The van der Waals surface area contributed by atoms with Crippen molar-refractivity contribution in [1.82, 2.24) is 10.2 Å². The first-order valence-corrected chi connectivity index (χ1v) is 5.84. The Morgan fingerprint density at radius 2 is 2.13 bits per heavy atom. The minimum Gasteiger partial charge on any atom is -0.396 e. The summed E-state index contributed by atoms with van der Waals surface area (Å²) in [6, 6.07) is 0.509. The smallest absolute Gasteiger partial charge is 0.0443 e. The van der Waals surface area contributed by atoms with Gasteiger partial charge in [-0.3, -0.25) is 4.90 Å². The third-order valence-electron chi connectivity index (χ3n) is 2.39. The fourth-order valence-corrected chi connectivity index (χ4v) is 1.44. The van der Waals surface area contributed by atoms with Crippen molar-refractivity contribution in [3.8, 4) is 0 Å². The summed E-state index contributed by atoms with van der Waals surface area (Å²) < 4.78 is 0. The first-order valence-electron chi connectivity index (χ1n) is 5.84. The van der Waals surface area contributed by atoms with Crippen LogP contribution in [0.5, 0.6) is 0 Å². The standard InChI is InChI=1S/C12H26N2O/c1-5-13-9-12(4)10-14(11(2)3)7-6-8-15/h11,13,15H,4-10H2,1-3H3. The molecular weight excluding hydrogens is 188 g/mol. The Kier molecular flexibility index (Phi) is 8.67. The Balaban J connectivity index is 3.87. The number of hydrogen-bond acceptors (Lipinski definition) is 3.